The van der Waals surface area contributed by atoms with Crippen LogP contribution in [-0.2, 0) is 14.3 Å². The molecular weight excluding hydrogens is 308 g/mol. The van der Waals surface area contributed by atoms with E-state index in [0.29, 0.717) is 44.7 Å². The molecule has 0 saturated carbocycles. The third kappa shape index (κ3) is 2.73. The van der Waals surface area contributed by atoms with Crippen LogP contribution in [0.5, 0.6) is 0 Å². The highest BCUT2D eigenvalue weighted by molar-refractivity contribution is 5.89. The largest absolute Gasteiger partial charge is 0.478 e. The van der Waals surface area contributed by atoms with Crippen molar-refractivity contribution in [3.8, 4) is 0 Å². The van der Waals surface area contributed by atoms with E-state index in [4.69, 9.17) is 4.74 Å². The molecule has 2 atom stereocenters. The number of aliphatic carboxylic acids is 1. The molecule has 0 spiro atoms. The summed E-state index contributed by atoms with van der Waals surface area (Å²) in [5.74, 6) is -0.639. The molecule has 2 saturated heterocycles. The summed E-state index contributed by atoms with van der Waals surface area (Å²) in [6, 6.07) is 0.177. The fraction of sp³-hybridized carbons (Fsp3) is 0.667. The van der Waals surface area contributed by atoms with Crippen LogP contribution < -0.4 is 0 Å². The highest BCUT2D eigenvalue weighted by Gasteiger charge is 2.52. The molecule has 2 heterocycles. The fourth-order valence-electron chi connectivity index (χ4n) is 4.40. The summed E-state index contributed by atoms with van der Waals surface area (Å²) in [4.78, 5) is 28.7. The van der Waals surface area contributed by atoms with Crippen molar-refractivity contribution in [3.05, 3.63) is 23.4 Å². The van der Waals surface area contributed by atoms with Crippen LogP contribution in [0, 0.1) is 5.92 Å². The van der Waals surface area contributed by atoms with Crippen molar-refractivity contribution in [3.63, 3.8) is 0 Å². The number of likely N-dealkylation sites (tertiary alicyclic amines) is 1. The molecule has 1 aliphatic carbocycles. The van der Waals surface area contributed by atoms with Gasteiger partial charge in [-0.1, -0.05) is 6.08 Å². The smallest absolute Gasteiger partial charge is 0.331 e. The van der Waals surface area contributed by atoms with Gasteiger partial charge in [0.05, 0.1) is 13.2 Å². The number of hydrogen-bond acceptors (Lipinski definition) is 4. The van der Waals surface area contributed by atoms with Crippen LogP contribution in [0.1, 0.15) is 33.6 Å². The van der Waals surface area contributed by atoms with Crippen LogP contribution >= 0.6 is 0 Å². The van der Waals surface area contributed by atoms with Gasteiger partial charge in [-0.15, -0.1) is 0 Å². The number of ether oxygens (including phenoxy) is 1. The van der Waals surface area contributed by atoms with Crippen LogP contribution in [0.2, 0.25) is 0 Å². The molecule has 132 valence electrons. The Kier molecular flexibility index (Phi) is 4.42. The Morgan fingerprint density at radius 3 is 2.54 bits per heavy atom. The zero-order valence-electron chi connectivity index (χ0n) is 14.6. The standard InChI is InChI=1S/C18H26N2O4/c1-12(2)20-15-5-4-13(16(21)22)10-14(15)11-18(20,3)17(23)19-6-8-24-9-7-19/h4-5,12,14H,6-11H2,1-3H3,(H,21,22). The van der Waals surface area contributed by atoms with Crippen molar-refractivity contribution in [1.29, 1.82) is 0 Å². The molecular formula is C18H26N2O4. The summed E-state index contributed by atoms with van der Waals surface area (Å²) >= 11 is 0. The molecule has 6 heteroatoms. The number of carboxylic acid groups (broad SMARTS) is 1. The number of carbonyl (C=O) groups excluding carboxylic acids is 1. The van der Waals surface area contributed by atoms with Gasteiger partial charge in [-0.05, 0) is 39.7 Å². The molecule has 3 aliphatic rings. The van der Waals surface area contributed by atoms with E-state index in [0.717, 1.165) is 5.70 Å². The van der Waals surface area contributed by atoms with Gasteiger partial charge in [-0.2, -0.15) is 0 Å². The van der Waals surface area contributed by atoms with Gasteiger partial charge in [0.2, 0.25) is 5.91 Å². The maximum atomic E-state index is 13.3. The third-order valence-electron chi connectivity index (χ3n) is 5.34. The zero-order valence-corrected chi connectivity index (χ0v) is 14.6. The second-order valence-corrected chi connectivity index (χ2v) is 7.34. The van der Waals surface area contributed by atoms with Gasteiger partial charge in [-0.25, -0.2) is 4.79 Å². The normalized spacial score (nSPS) is 30.1. The Morgan fingerprint density at radius 1 is 1.29 bits per heavy atom. The van der Waals surface area contributed by atoms with Gasteiger partial charge < -0.3 is 19.6 Å². The van der Waals surface area contributed by atoms with Gasteiger partial charge in [0.25, 0.3) is 0 Å². The van der Waals surface area contributed by atoms with Crippen LogP contribution in [0.3, 0.4) is 0 Å². The molecule has 6 nitrogen and oxygen atoms in total. The molecule has 24 heavy (non-hydrogen) atoms. The minimum absolute atomic E-state index is 0.0958. The van der Waals surface area contributed by atoms with Crippen molar-refractivity contribution in [2.45, 2.75) is 45.2 Å². The Balaban J connectivity index is 1.90. The van der Waals surface area contributed by atoms with E-state index in [-0.39, 0.29) is 17.9 Å². The lowest BCUT2D eigenvalue weighted by Crippen LogP contribution is -2.58. The molecule has 0 radical (unpaired) electrons. The highest BCUT2D eigenvalue weighted by Crippen LogP contribution is 2.47. The molecule has 3 rings (SSSR count). The number of fused-ring (bicyclic) bond motifs is 1. The van der Waals surface area contributed by atoms with Crippen LogP contribution in [0.25, 0.3) is 0 Å². The van der Waals surface area contributed by atoms with Gasteiger partial charge in [-0.3, -0.25) is 4.79 Å². The predicted molar refractivity (Wildman–Crippen MR) is 89.3 cm³/mol. The second kappa shape index (κ2) is 6.24. The van der Waals surface area contributed by atoms with Gasteiger partial charge in [0.1, 0.15) is 5.54 Å². The van der Waals surface area contributed by atoms with Crippen molar-refractivity contribution >= 4 is 11.9 Å². The maximum absolute atomic E-state index is 13.3. The average Bonchev–Trinajstić information content (AvgIpc) is 2.87. The number of nitrogens with zero attached hydrogens (tertiary/aromatic N) is 2. The van der Waals surface area contributed by atoms with Crippen molar-refractivity contribution in [2.75, 3.05) is 26.3 Å². The first-order chi connectivity index (χ1) is 11.3. The molecule has 0 aromatic carbocycles. The lowest BCUT2D eigenvalue weighted by atomic mass is 9.86. The number of hydrogen-bond donors (Lipinski definition) is 1. The molecule has 1 N–H and O–H groups in total. The summed E-state index contributed by atoms with van der Waals surface area (Å²) in [5.41, 5.74) is 0.902. The Bertz CT molecular complexity index is 604. The van der Waals surface area contributed by atoms with Crippen molar-refractivity contribution in [2.24, 2.45) is 5.92 Å². The lowest BCUT2D eigenvalue weighted by Gasteiger charge is -2.43. The Hall–Kier alpha value is -1.82. The predicted octanol–water partition coefficient (Wildman–Crippen LogP) is 1.63. The zero-order chi connectivity index (χ0) is 17.5. The van der Waals surface area contributed by atoms with Crippen LogP contribution in [-0.4, -0.2) is 64.7 Å². The molecule has 0 aromatic heterocycles. The number of morpholine rings is 1. The number of allylic oxidation sites excluding steroid dienone is 3. The molecule has 0 bridgehead atoms. The molecule has 2 unspecified atom stereocenters. The first kappa shape index (κ1) is 17.0. The highest BCUT2D eigenvalue weighted by atomic mass is 16.5. The van der Waals surface area contributed by atoms with Crippen molar-refractivity contribution in [1.82, 2.24) is 9.80 Å². The van der Waals surface area contributed by atoms with Crippen LogP contribution in [0.4, 0.5) is 0 Å². The first-order valence-electron chi connectivity index (χ1n) is 8.65. The van der Waals surface area contributed by atoms with E-state index in [1.54, 1.807) is 6.08 Å². The number of rotatable bonds is 3. The number of carbonyl (C=O) groups is 2. The number of amides is 1. The Morgan fingerprint density at radius 2 is 1.96 bits per heavy atom. The van der Waals surface area contributed by atoms with Crippen LogP contribution in [0.15, 0.2) is 23.4 Å². The third-order valence-corrected chi connectivity index (χ3v) is 5.34. The van der Waals surface area contributed by atoms with Gasteiger partial charge in [0, 0.05) is 36.3 Å². The van der Waals surface area contributed by atoms with E-state index in [9.17, 15) is 14.7 Å². The van der Waals surface area contributed by atoms with Gasteiger partial charge >= 0.3 is 5.97 Å². The van der Waals surface area contributed by atoms with E-state index in [2.05, 4.69) is 18.7 Å². The SMILES string of the molecule is CC(C)N1C2=CC=C(C(=O)O)CC2CC1(C)C(=O)N1CCOCC1. The minimum Gasteiger partial charge on any atom is -0.478 e. The summed E-state index contributed by atoms with van der Waals surface area (Å²) in [6.45, 7) is 8.60. The summed E-state index contributed by atoms with van der Waals surface area (Å²) in [7, 11) is 0. The summed E-state index contributed by atoms with van der Waals surface area (Å²) < 4.78 is 5.36. The molecule has 0 aromatic rings. The summed E-state index contributed by atoms with van der Waals surface area (Å²) in [6.07, 6.45) is 4.75. The average molecular weight is 334 g/mol. The second-order valence-electron chi connectivity index (χ2n) is 7.34. The van der Waals surface area contributed by atoms with E-state index >= 15 is 0 Å². The quantitative estimate of drug-likeness (QED) is 0.849. The maximum Gasteiger partial charge on any atom is 0.331 e. The van der Waals surface area contributed by atoms with Crippen molar-refractivity contribution < 1.29 is 19.4 Å². The lowest BCUT2D eigenvalue weighted by molar-refractivity contribution is -0.146. The topological polar surface area (TPSA) is 70.1 Å². The van der Waals surface area contributed by atoms with E-state index < -0.39 is 11.5 Å². The molecule has 2 fully saturated rings. The van der Waals surface area contributed by atoms with E-state index in [1.807, 2.05) is 17.9 Å². The Labute approximate surface area is 142 Å². The van der Waals surface area contributed by atoms with E-state index in [1.165, 1.54) is 0 Å². The minimum atomic E-state index is -0.866. The molecule has 1 amide bonds. The summed E-state index contributed by atoms with van der Waals surface area (Å²) in [5, 5.41) is 9.28. The monoisotopic (exact) mass is 334 g/mol. The fourth-order valence-corrected chi connectivity index (χ4v) is 4.40. The first-order valence-corrected chi connectivity index (χ1v) is 8.65. The molecule has 2 aliphatic heterocycles. The number of carboxylic acids is 1. The van der Waals surface area contributed by atoms with Gasteiger partial charge in [0.15, 0.2) is 0 Å².